The zero-order valence-corrected chi connectivity index (χ0v) is 17.7. The Kier molecular flexibility index (Phi) is 5.46. The van der Waals surface area contributed by atoms with Crippen molar-refractivity contribution in [1.82, 2.24) is 19.3 Å². The van der Waals surface area contributed by atoms with E-state index in [9.17, 15) is 9.50 Å². The maximum absolute atomic E-state index is 12.4. The molecule has 7 heteroatoms. The largest absolute Gasteiger partial charge is 0.460 e. The number of hydrogen-bond acceptors (Lipinski definition) is 5. The average molecular weight is 423 g/mol. The summed E-state index contributed by atoms with van der Waals surface area (Å²) in [6.07, 6.45) is 9.14. The van der Waals surface area contributed by atoms with E-state index >= 15 is 0 Å². The number of aromatic nitrogens is 3. The van der Waals surface area contributed by atoms with Gasteiger partial charge in [-0.05, 0) is 62.9 Å². The lowest BCUT2D eigenvalue weighted by Crippen LogP contribution is -2.33. The Balaban J connectivity index is 1.36. The van der Waals surface area contributed by atoms with Crippen LogP contribution in [0.5, 0.6) is 5.75 Å². The number of imidazole rings is 1. The molecule has 0 bridgehead atoms. The summed E-state index contributed by atoms with van der Waals surface area (Å²) in [7, 11) is 0. The fourth-order valence-corrected chi connectivity index (χ4v) is 4.56. The summed E-state index contributed by atoms with van der Waals surface area (Å²) in [4.78, 5) is 11.2. The highest BCUT2D eigenvalue weighted by molar-refractivity contribution is 5.85. The van der Waals surface area contributed by atoms with Crippen molar-refractivity contribution in [1.29, 1.82) is 0 Å². The molecular formula is C24H27FN4O2. The van der Waals surface area contributed by atoms with Crippen LogP contribution in [0.4, 0.5) is 4.39 Å². The summed E-state index contributed by atoms with van der Waals surface area (Å²) in [6.45, 7) is 4.52. The third-order valence-corrected chi connectivity index (χ3v) is 6.29. The molecule has 0 aliphatic carbocycles. The van der Waals surface area contributed by atoms with Crippen molar-refractivity contribution in [2.24, 2.45) is 0 Å². The lowest BCUT2D eigenvalue weighted by molar-refractivity contribution is 0.0316. The second-order valence-corrected chi connectivity index (χ2v) is 8.45. The predicted molar refractivity (Wildman–Crippen MR) is 118 cm³/mol. The lowest BCUT2D eigenvalue weighted by Gasteiger charge is -2.32. The first kappa shape index (κ1) is 20.2. The van der Waals surface area contributed by atoms with Crippen molar-refractivity contribution in [3.63, 3.8) is 0 Å². The van der Waals surface area contributed by atoms with E-state index in [1.807, 2.05) is 29.8 Å². The van der Waals surface area contributed by atoms with E-state index in [1.165, 1.54) is 5.56 Å². The Labute approximate surface area is 181 Å². The van der Waals surface area contributed by atoms with E-state index in [1.54, 1.807) is 6.20 Å². The molecule has 4 heterocycles. The van der Waals surface area contributed by atoms with Crippen LogP contribution in [0, 0.1) is 6.92 Å². The second-order valence-electron chi connectivity index (χ2n) is 8.45. The molecule has 0 amide bonds. The van der Waals surface area contributed by atoms with Crippen LogP contribution >= 0.6 is 0 Å². The fourth-order valence-electron chi connectivity index (χ4n) is 4.56. The van der Waals surface area contributed by atoms with Gasteiger partial charge in [-0.25, -0.2) is 4.98 Å². The molecule has 31 heavy (non-hydrogen) atoms. The molecule has 3 aromatic rings. The number of alkyl halides is 1. The van der Waals surface area contributed by atoms with Crippen LogP contribution in [0.15, 0.2) is 36.8 Å². The van der Waals surface area contributed by atoms with Gasteiger partial charge in [0.25, 0.3) is 0 Å². The number of likely N-dealkylation sites (tertiary alicyclic amines) is 1. The highest BCUT2D eigenvalue weighted by Crippen LogP contribution is 2.37. The summed E-state index contributed by atoms with van der Waals surface area (Å²) in [5.74, 6) is 1.17. The Bertz CT molecular complexity index is 1120. The van der Waals surface area contributed by atoms with Gasteiger partial charge in [-0.1, -0.05) is 12.1 Å². The Hall–Kier alpha value is -2.77. The molecule has 1 N–H and O–H groups in total. The number of aryl methyl sites for hydroxylation is 1. The predicted octanol–water partition coefficient (Wildman–Crippen LogP) is 3.83. The number of benzene rings is 1. The molecule has 1 unspecified atom stereocenters. The Morgan fingerprint density at radius 3 is 2.87 bits per heavy atom. The Morgan fingerprint density at radius 1 is 1.23 bits per heavy atom. The highest BCUT2D eigenvalue weighted by atomic mass is 19.1. The Morgan fingerprint density at radius 2 is 2.06 bits per heavy atom. The lowest BCUT2D eigenvalue weighted by atomic mass is 9.88. The summed E-state index contributed by atoms with van der Waals surface area (Å²) in [5, 5.41) is 10.7. The van der Waals surface area contributed by atoms with Crippen molar-refractivity contribution in [2.45, 2.75) is 38.4 Å². The van der Waals surface area contributed by atoms with Crippen LogP contribution in [0.2, 0.25) is 0 Å². The number of aliphatic hydroxyl groups is 1. The molecule has 0 saturated carbocycles. The van der Waals surface area contributed by atoms with Crippen molar-refractivity contribution in [3.8, 4) is 5.75 Å². The summed E-state index contributed by atoms with van der Waals surface area (Å²) in [5.41, 5.74) is 5.13. The molecule has 5 rings (SSSR count). The third-order valence-electron chi connectivity index (χ3n) is 6.29. The van der Waals surface area contributed by atoms with E-state index in [4.69, 9.17) is 4.74 Å². The van der Waals surface area contributed by atoms with Crippen molar-refractivity contribution in [3.05, 3.63) is 59.3 Å². The molecule has 0 radical (unpaired) electrons. The highest BCUT2D eigenvalue weighted by Gasteiger charge is 2.26. The number of piperidine rings is 1. The van der Waals surface area contributed by atoms with Gasteiger partial charge in [0, 0.05) is 30.1 Å². The van der Waals surface area contributed by atoms with E-state index < -0.39 is 6.29 Å². The maximum atomic E-state index is 12.4. The number of halogens is 1. The van der Waals surface area contributed by atoms with Crippen LogP contribution in [-0.4, -0.2) is 57.0 Å². The first-order valence-corrected chi connectivity index (χ1v) is 10.9. The van der Waals surface area contributed by atoms with Gasteiger partial charge in [0.15, 0.2) is 5.65 Å². The van der Waals surface area contributed by atoms with Crippen LogP contribution in [0.1, 0.15) is 47.7 Å². The molecule has 2 aliphatic rings. The minimum atomic E-state index is -1.07. The number of aliphatic hydroxyl groups excluding tert-OH is 1. The number of fused-ring (bicyclic) bond motifs is 2. The smallest absolute Gasteiger partial charge is 0.226 e. The van der Waals surface area contributed by atoms with Gasteiger partial charge in [-0.15, -0.1) is 0 Å². The standard InChI is InChI=1S/C24H27FN4O2/c1-16-14-29-15-21(27-23(29)13-26-16)20-11-19-4-3-18(12-22(19)31-24(20)30)17-5-9-28(10-6-17)8-2-7-25/h3-4,11-15,17,24,30H,2,5-10H2,1H3. The third kappa shape index (κ3) is 4.07. The topological polar surface area (TPSA) is 62.9 Å². The molecule has 1 atom stereocenters. The summed E-state index contributed by atoms with van der Waals surface area (Å²) < 4.78 is 20.2. The van der Waals surface area contributed by atoms with Crippen LogP contribution in [0.25, 0.3) is 17.3 Å². The second kappa shape index (κ2) is 8.40. The van der Waals surface area contributed by atoms with Crippen LogP contribution < -0.4 is 4.74 Å². The molecule has 162 valence electrons. The van der Waals surface area contributed by atoms with Crippen LogP contribution in [0.3, 0.4) is 0 Å². The normalized spacial score (nSPS) is 19.8. The van der Waals surface area contributed by atoms with Crippen molar-refractivity contribution < 1.29 is 14.2 Å². The van der Waals surface area contributed by atoms with Crippen molar-refractivity contribution >= 4 is 17.3 Å². The van der Waals surface area contributed by atoms with Crippen molar-refractivity contribution in [2.75, 3.05) is 26.3 Å². The minimum absolute atomic E-state index is 0.245. The van der Waals surface area contributed by atoms with Gasteiger partial charge in [0.1, 0.15) is 5.75 Å². The van der Waals surface area contributed by atoms with Gasteiger partial charge < -0.3 is 19.1 Å². The van der Waals surface area contributed by atoms with Gasteiger partial charge in [0.2, 0.25) is 6.29 Å². The van der Waals surface area contributed by atoms with Gasteiger partial charge >= 0.3 is 0 Å². The number of nitrogens with zero attached hydrogens (tertiary/aromatic N) is 4. The van der Waals surface area contributed by atoms with Crippen LogP contribution in [-0.2, 0) is 0 Å². The van der Waals surface area contributed by atoms with E-state index in [0.717, 1.165) is 49.4 Å². The molecular weight excluding hydrogens is 395 g/mol. The van der Waals surface area contributed by atoms with Gasteiger partial charge in [-0.2, -0.15) is 0 Å². The van der Waals surface area contributed by atoms with E-state index in [2.05, 4.69) is 33.1 Å². The summed E-state index contributed by atoms with van der Waals surface area (Å²) >= 11 is 0. The maximum Gasteiger partial charge on any atom is 0.226 e. The average Bonchev–Trinajstić information content (AvgIpc) is 3.20. The quantitative estimate of drug-likeness (QED) is 0.677. The molecule has 1 aromatic carbocycles. The first-order chi connectivity index (χ1) is 15.1. The molecule has 1 saturated heterocycles. The van der Waals surface area contributed by atoms with E-state index in [0.29, 0.717) is 29.4 Å². The number of rotatable bonds is 5. The first-order valence-electron chi connectivity index (χ1n) is 10.9. The van der Waals surface area contributed by atoms with E-state index in [-0.39, 0.29) is 6.67 Å². The monoisotopic (exact) mass is 422 g/mol. The van der Waals surface area contributed by atoms with Gasteiger partial charge in [-0.3, -0.25) is 9.37 Å². The van der Waals surface area contributed by atoms with Gasteiger partial charge in [0.05, 0.1) is 24.3 Å². The molecule has 6 nitrogen and oxygen atoms in total. The molecule has 2 aromatic heterocycles. The zero-order valence-electron chi connectivity index (χ0n) is 17.7. The minimum Gasteiger partial charge on any atom is -0.460 e. The molecule has 0 spiro atoms. The number of ether oxygens (including phenoxy) is 1. The zero-order chi connectivity index (χ0) is 21.4. The molecule has 2 aliphatic heterocycles. The number of hydrogen-bond donors (Lipinski definition) is 1. The summed E-state index contributed by atoms with van der Waals surface area (Å²) in [6, 6.07) is 6.28. The fraction of sp³-hybridized carbons (Fsp3) is 0.417. The SMILES string of the molecule is Cc1cn2cc(C3=Cc4ccc(C5CCN(CCCF)CC5)cc4OC3O)nc2cn1. The molecule has 1 fully saturated rings.